The van der Waals surface area contributed by atoms with Crippen molar-refractivity contribution in [3.8, 4) is 0 Å². The van der Waals surface area contributed by atoms with E-state index in [2.05, 4.69) is 13.8 Å². The average molecular weight is 425 g/mol. The van der Waals surface area contributed by atoms with Crippen LogP contribution in [0.25, 0.3) is 0 Å². The number of aliphatic hydroxyl groups is 2. The molecule has 1 saturated heterocycles. The molecule has 6 heteroatoms. The predicted octanol–water partition coefficient (Wildman–Crippen LogP) is 4.24. The number of ether oxygens (including phenoxy) is 1. The van der Waals surface area contributed by atoms with Crippen molar-refractivity contribution < 1.29 is 29.2 Å². The van der Waals surface area contributed by atoms with Gasteiger partial charge < -0.3 is 20.1 Å². The monoisotopic (exact) mass is 424 g/mol. The number of alkyl halides is 1. The molecule has 2 aliphatic carbocycles. The summed E-state index contributed by atoms with van der Waals surface area (Å²) < 4.78 is 21.1. The second kappa shape index (κ2) is 10.3. The normalized spacial score (nSPS) is 39.4. The van der Waals surface area contributed by atoms with E-state index in [1.165, 1.54) is 0 Å². The van der Waals surface area contributed by atoms with Crippen molar-refractivity contribution in [1.29, 1.82) is 0 Å². The fraction of sp³-hybridized carbons (Fsp3) is 0.792. The molecule has 2 saturated carbocycles. The van der Waals surface area contributed by atoms with Crippen LogP contribution < -0.4 is 0 Å². The van der Waals surface area contributed by atoms with Crippen molar-refractivity contribution in [1.82, 2.24) is 0 Å². The Morgan fingerprint density at radius 3 is 2.77 bits per heavy atom. The fourth-order valence-electron chi connectivity index (χ4n) is 5.43. The summed E-state index contributed by atoms with van der Waals surface area (Å²) in [5.74, 6) is -1.22. The number of aliphatic carboxylic acids is 1. The van der Waals surface area contributed by atoms with Crippen molar-refractivity contribution in [2.24, 2.45) is 29.6 Å². The van der Waals surface area contributed by atoms with Gasteiger partial charge in [-0.3, -0.25) is 4.79 Å². The van der Waals surface area contributed by atoms with E-state index in [-0.39, 0.29) is 23.9 Å². The van der Waals surface area contributed by atoms with E-state index in [1.807, 2.05) is 0 Å². The van der Waals surface area contributed by atoms with Crippen molar-refractivity contribution in [2.45, 2.75) is 89.7 Å². The smallest absolute Gasteiger partial charge is 0.306 e. The number of carboxylic acids is 1. The fourth-order valence-corrected chi connectivity index (χ4v) is 5.43. The minimum Gasteiger partial charge on any atom is -0.491 e. The van der Waals surface area contributed by atoms with Gasteiger partial charge in [0.1, 0.15) is 11.9 Å². The zero-order valence-electron chi connectivity index (χ0n) is 18.1. The van der Waals surface area contributed by atoms with Gasteiger partial charge in [-0.1, -0.05) is 45.3 Å². The highest BCUT2D eigenvalue weighted by molar-refractivity contribution is 5.70. The van der Waals surface area contributed by atoms with Crippen LogP contribution in [0, 0.1) is 29.6 Å². The van der Waals surface area contributed by atoms with Crippen LogP contribution in [-0.2, 0) is 9.53 Å². The molecule has 0 aromatic carbocycles. The maximum Gasteiger partial charge on any atom is 0.306 e. The largest absolute Gasteiger partial charge is 0.491 e. The SMILES string of the molecule is CCCC[C@H](C)C[C@H](O)/C=C/[C@@H]1[C@@H]2[C@H](C[C@H]1O)O/C(=C\[C@@H]1CC[C@@H](C(=O)O)C1)[C@@H]2F. The maximum atomic E-state index is 15.2. The number of carboxylic acid groups (broad SMARTS) is 1. The van der Waals surface area contributed by atoms with Gasteiger partial charge in [0.05, 0.1) is 18.1 Å². The van der Waals surface area contributed by atoms with Crippen molar-refractivity contribution >= 4 is 5.97 Å². The molecule has 3 N–H and O–H groups in total. The molecule has 3 rings (SSSR count). The van der Waals surface area contributed by atoms with Crippen LogP contribution in [0.2, 0.25) is 0 Å². The Balaban J connectivity index is 1.59. The molecule has 0 radical (unpaired) electrons. The lowest BCUT2D eigenvalue weighted by atomic mass is 9.88. The van der Waals surface area contributed by atoms with E-state index in [0.717, 1.165) is 25.7 Å². The molecule has 1 aliphatic heterocycles. The Morgan fingerprint density at radius 2 is 2.10 bits per heavy atom. The van der Waals surface area contributed by atoms with Gasteiger partial charge in [0.15, 0.2) is 6.17 Å². The molecule has 5 nitrogen and oxygen atoms in total. The lowest BCUT2D eigenvalue weighted by molar-refractivity contribution is -0.141. The molecule has 1 heterocycles. The van der Waals surface area contributed by atoms with Crippen LogP contribution >= 0.6 is 0 Å². The Labute approximate surface area is 179 Å². The summed E-state index contributed by atoms with van der Waals surface area (Å²) in [6.07, 6.45) is 8.62. The summed E-state index contributed by atoms with van der Waals surface area (Å²) in [6, 6.07) is 0. The van der Waals surface area contributed by atoms with Crippen molar-refractivity contribution in [3.63, 3.8) is 0 Å². The number of fused-ring (bicyclic) bond motifs is 1. The molecule has 0 aromatic rings. The second-order valence-corrected chi connectivity index (χ2v) is 9.63. The molecular weight excluding hydrogens is 387 g/mol. The van der Waals surface area contributed by atoms with E-state index in [9.17, 15) is 15.0 Å². The molecule has 0 amide bonds. The molecule has 170 valence electrons. The van der Waals surface area contributed by atoms with Crippen LogP contribution in [0.3, 0.4) is 0 Å². The Hall–Kier alpha value is -1.40. The number of hydrogen-bond acceptors (Lipinski definition) is 4. The summed E-state index contributed by atoms with van der Waals surface area (Å²) >= 11 is 0. The number of carbonyl (C=O) groups is 1. The number of halogens is 1. The minimum absolute atomic E-state index is 0.0310. The number of rotatable bonds is 9. The Kier molecular flexibility index (Phi) is 7.97. The van der Waals surface area contributed by atoms with Crippen molar-refractivity contribution in [3.05, 3.63) is 24.0 Å². The number of unbranched alkanes of at least 4 members (excludes halogenated alkanes) is 1. The lowest BCUT2D eigenvalue weighted by Crippen LogP contribution is -2.25. The third-order valence-corrected chi connectivity index (χ3v) is 7.16. The van der Waals surface area contributed by atoms with E-state index >= 15 is 4.39 Å². The number of allylic oxidation sites excluding steroid dienone is 2. The van der Waals surface area contributed by atoms with Crippen LogP contribution in [0.1, 0.15) is 65.2 Å². The quantitative estimate of drug-likeness (QED) is 0.482. The van der Waals surface area contributed by atoms with Crippen LogP contribution in [0.5, 0.6) is 0 Å². The zero-order chi connectivity index (χ0) is 21.8. The van der Waals surface area contributed by atoms with Gasteiger partial charge in [0.25, 0.3) is 0 Å². The predicted molar refractivity (Wildman–Crippen MR) is 112 cm³/mol. The Bertz CT molecular complexity index is 648. The molecule has 0 bridgehead atoms. The first kappa shape index (κ1) is 23.3. The van der Waals surface area contributed by atoms with E-state index in [4.69, 9.17) is 9.84 Å². The van der Waals surface area contributed by atoms with Gasteiger partial charge in [-0.05, 0) is 43.6 Å². The third-order valence-electron chi connectivity index (χ3n) is 7.16. The van der Waals surface area contributed by atoms with Gasteiger partial charge in [-0.2, -0.15) is 0 Å². The van der Waals surface area contributed by atoms with Gasteiger partial charge in [0.2, 0.25) is 0 Å². The Morgan fingerprint density at radius 1 is 1.33 bits per heavy atom. The molecular formula is C24H37FO5. The highest BCUT2D eigenvalue weighted by Crippen LogP contribution is 2.48. The average Bonchev–Trinajstić information content (AvgIpc) is 3.35. The van der Waals surface area contributed by atoms with E-state index in [0.29, 0.717) is 37.4 Å². The van der Waals surface area contributed by atoms with Crippen LogP contribution in [-0.4, -0.2) is 45.8 Å². The summed E-state index contributed by atoms with van der Waals surface area (Å²) in [4.78, 5) is 11.2. The molecule has 0 spiro atoms. The van der Waals surface area contributed by atoms with Gasteiger partial charge in [-0.15, -0.1) is 0 Å². The van der Waals surface area contributed by atoms with Gasteiger partial charge >= 0.3 is 5.97 Å². The molecule has 30 heavy (non-hydrogen) atoms. The van der Waals surface area contributed by atoms with Gasteiger partial charge in [-0.25, -0.2) is 4.39 Å². The maximum absolute atomic E-state index is 15.2. The van der Waals surface area contributed by atoms with Crippen LogP contribution in [0.4, 0.5) is 4.39 Å². The molecule has 0 aromatic heterocycles. The van der Waals surface area contributed by atoms with Crippen LogP contribution in [0.15, 0.2) is 24.0 Å². The highest BCUT2D eigenvalue weighted by Gasteiger charge is 2.53. The number of aliphatic hydroxyl groups excluding tert-OH is 2. The zero-order valence-corrected chi connectivity index (χ0v) is 18.1. The first-order valence-corrected chi connectivity index (χ1v) is 11.6. The summed E-state index contributed by atoms with van der Waals surface area (Å²) in [6.45, 7) is 4.28. The topological polar surface area (TPSA) is 87.0 Å². The standard InChI is InChI=1S/C24H37FO5/c1-3-4-5-14(2)10-17(26)8-9-18-19(27)13-20-22(18)23(25)21(30-20)12-15-6-7-16(11-15)24(28)29/h8-9,12,14-20,22-23,26-27H,3-7,10-11,13H2,1-2H3,(H,28,29)/b9-8+,21-12-/t14-,15+,16+,17+,18-,19+,20-,22+,23-/m0/s1. The first-order valence-electron chi connectivity index (χ1n) is 11.6. The lowest BCUT2D eigenvalue weighted by Gasteiger charge is -2.19. The van der Waals surface area contributed by atoms with E-state index in [1.54, 1.807) is 18.2 Å². The van der Waals surface area contributed by atoms with E-state index < -0.39 is 30.3 Å². The third kappa shape index (κ3) is 5.44. The highest BCUT2D eigenvalue weighted by atomic mass is 19.1. The first-order chi connectivity index (χ1) is 14.3. The summed E-state index contributed by atoms with van der Waals surface area (Å²) in [5.41, 5.74) is 0. The van der Waals surface area contributed by atoms with Gasteiger partial charge in [0, 0.05) is 18.3 Å². The molecule has 3 fully saturated rings. The molecule has 3 aliphatic rings. The molecule has 9 atom stereocenters. The summed E-state index contributed by atoms with van der Waals surface area (Å²) in [5, 5.41) is 29.9. The van der Waals surface area contributed by atoms with Crippen molar-refractivity contribution in [2.75, 3.05) is 0 Å². The minimum atomic E-state index is -1.30. The molecule has 0 unspecified atom stereocenters. The second-order valence-electron chi connectivity index (χ2n) is 9.63. The number of hydrogen-bond donors (Lipinski definition) is 3. The summed E-state index contributed by atoms with van der Waals surface area (Å²) in [7, 11) is 0.